The predicted molar refractivity (Wildman–Crippen MR) is 71.0 cm³/mol. The van der Waals surface area contributed by atoms with E-state index in [0.717, 1.165) is 31.6 Å². The molecule has 1 N–H and O–H groups in total. The van der Waals surface area contributed by atoms with Crippen LogP contribution in [0.4, 0.5) is 6.01 Å². The van der Waals surface area contributed by atoms with Gasteiger partial charge in [0.1, 0.15) is 5.60 Å². The van der Waals surface area contributed by atoms with Gasteiger partial charge in [0, 0.05) is 20.8 Å². The summed E-state index contributed by atoms with van der Waals surface area (Å²) in [6, 6.07) is 0.432. The highest BCUT2D eigenvalue weighted by molar-refractivity contribution is 5.20. The quantitative estimate of drug-likeness (QED) is 0.798. The number of ether oxygens (including phenoxy) is 2. The highest BCUT2D eigenvalue weighted by Crippen LogP contribution is 2.40. The van der Waals surface area contributed by atoms with Crippen LogP contribution in [-0.2, 0) is 15.1 Å². The molecule has 0 aliphatic heterocycles. The molecule has 0 unspecified atom stereocenters. The van der Waals surface area contributed by atoms with Gasteiger partial charge in [0.15, 0.2) is 0 Å². The minimum absolute atomic E-state index is 0.378. The van der Waals surface area contributed by atoms with Crippen LogP contribution in [0.3, 0.4) is 0 Å². The number of anilines is 1. The lowest BCUT2D eigenvalue weighted by Gasteiger charge is -2.35. The maximum atomic E-state index is 5.71. The average Bonchev–Trinajstić information content (AvgIpc) is 2.90. The highest BCUT2D eigenvalue weighted by Gasteiger charge is 2.40. The second-order valence-corrected chi connectivity index (χ2v) is 5.22. The van der Waals surface area contributed by atoms with Gasteiger partial charge in [-0.05, 0) is 31.6 Å². The fourth-order valence-corrected chi connectivity index (χ4v) is 2.49. The van der Waals surface area contributed by atoms with Crippen molar-refractivity contribution in [2.75, 3.05) is 32.7 Å². The van der Waals surface area contributed by atoms with Crippen molar-refractivity contribution in [1.29, 1.82) is 0 Å². The van der Waals surface area contributed by atoms with Crippen molar-refractivity contribution >= 4 is 6.01 Å². The molecule has 1 heterocycles. The Hall–Kier alpha value is -1.14. The van der Waals surface area contributed by atoms with E-state index in [1.54, 1.807) is 14.2 Å². The Morgan fingerprint density at radius 3 is 2.74 bits per heavy atom. The molecule has 2 rings (SSSR count). The Morgan fingerprint density at radius 1 is 1.37 bits per heavy atom. The molecule has 108 valence electrons. The van der Waals surface area contributed by atoms with Gasteiger partial charge in [-0.1, -0.05) is 12.1 Å². The summed E-state index contributed by atoms with van der Waals surface area (Å²) in [7, 11) is 3.38. The first kappa shape index (κ1) is 14.3. The SMILES string of the molecule is COCCNc1nc(C2(OC)CCC(C)CC2)no1. The van der Waals surface area contributed by atoms with Crippen molar-refractivity contribution in [3.8, 4) is 0 Å². The second-order valence-electron chi connectivity index (χ2n) is 5.22. The Morgan fingerprint density at radius 2 is 2.11 bits per heavy atom. The van der Waals surface area contributed by atoms with E-state index >= 15 is 0 Å². The topological polar surface area (TPSA) is 69.4 Å². The fraction of sp³-hybridized carbons (Fsp3) is 0.846. The molecule has 1 aromatic heterocycles. The molecule has 0 amide bonds. The van der Waals surface area contributed by atoms with E-state index in [-0.39, 0.29) is 5.60 Å². The van der Waals surface area contributed by atoms with Crippen molar-refractivity contribution in [2.45, 2.75) is 38.2 Å². The third-order valence-electron chi connectivity index (χ3n) is 3.89. The van der Waals surface area contributed by atoms with Crippen LogP contribution in [0.25, 0.3) is 0 Å². The van der Waals surface area contributed by atoms with E-state index in [0.29, 0.717) is 25.0 Å². The normalized spacial score (nSPS) is 27.4. The van der Waals surface area contributed by atoms with E-state index in [9.17, 15) is 0 Å². The maximum Gasteiger partial charge on any atom is 0.321 e. The minimum Gasteiger partial charge on any atom is -0.383 e. The minimum atomic E-state index is -0.378. The fourth-order valence-electron chi connectivity index (χ4n) is 2.49. The first-order valence-electron chi connectivity index (χ1n) is 6.82. The van der Waals surface area contributed by atoms with Gasteiger partial charge < -0.3 is 19.3 Å². The Labute approximate surface area is 113 Å². The standard InChI is InChI=1S/C13H23N3O3/c1-10-4-6-13(18-3,7-5-10)11-15-12(19-16-11)14-8-9-17-2/h10H,4-9H2,1-3H3,(H,14,15,16). The van der Waals surface area contributed by atoms with Gasteiger partial charge in [-0.25, -0.2) is 0 Å². The number of nitrogens with zero attached hydrogens (tertiary/aromatic N) is 2. The van der Waals surface area contributed by atoms with E-state index in [1.165, 1.54) is 0 Å². The summed E-state index contributed by atoms with van der Waals surface area (Å²) in [4.78, 5) is 4.40. The molecule has 0 spiro atoms. The summed E-state index contributed by atoms with van der Waals surface area (Å²) in [6.07, 6.45) is 4.16. The monoisotopic (exact) mass is 269 g/mol. The summed E-state index contributed by atoms with van der Waals surface area (Å²) in [5.41, 5.74) is -0.378. The molecule has 6 heteroatoms. The molecule has 1 aromatic rings. The van der Waals surface area contributed by atoms with Crippen LogP contribution in [-0.4, -0.2) is 37.5 Å². The lowest BCUT2D eigenvalue weighted by Crippen LogP contribution is -2.34. The van der Waals surface area contributed by atoms with Crippen LogP contribution >= 0.6 is 0 Å². The first-order chi connectivity index (χ1) is 9.20. The summed E-state index contributed by atoms with van der Waals surface area (Å²) in [5, 5.41) is 7.11. The summed E-state index contributed by atoms with van der Waals surface area (Å²) in [6.45, 7) is 3.52. The van der Waals surface area contributed by atoms with Gasteiger partial charge in [0.2, 0.25) is 5.82 Å². The maximum absolute atomic E-state index is 5.71. The molecule has 1 saturated carbocycles. The van der Waals surface area contributed by atoms with E-state index < -0.39 is 0 Å². The zero-order valence-electron chi connectivity index (χ0n) is 11.9. The molecular weight excluding hydrogens is 246 g/mol. The summed E-state index contributed by atoms with van der Waals surface area (Å²) >= 11 is 0. The molecule has 6 nitrogen and oxygen atoms in total. The van der Waals surface area contributed by atoms with E-state index in [2.05, 4.69) is 22.4 Å². The predicted octanol–water partition coefficient (Wildman–Crippen LogP) is 2.18. The number of methoxy groups -OCH3 is 2. The third-order valence-corrected chi connectivity index (χ3v) is 3.89. The Kier molecular flexibility index (Phi) is 4.76. The van der Waals surface area contributed by atoms with Crippen LogP contribution in [0, 0.1) is 5.92 Å². The molecule has 1 fully saturated rings. The van der Waals surface area contributed by atoms with Crippen LogP contribution in [0.1, 0.15) is 38.4 Å². The van der Waals surface area contributed by atoms with Gasteiger partial charge >= 0.3 is 6.01 Å². The molecule has 0 saturated heterocycles. The first-order valence-corrected chi connectivity index (χ1v) is 6.82. The number of hydrogen-bond acceptors (Lipinski definition) is 6. The summed E-state index contributed by atoms with van der Waals surface area (Å²) in [5.74, 6) is 1.40. The number of hydrogen-bond donors (Lipinski definition) is 1. The molecule has 19 heavy (non-hydrogen) atoms. The average molecular weight is 269 g/mol. The van der Waals surface area contributed by atoms with E-state index in [1.807, 2.05) is 0 Å². The van der Waals surface area contributed by atoms with Gasteiger partial charge in [0.25, 0.3) is 0 Å². The molecule has 0 bridgehead atoms. The van der Waals surface area contributed by atoms with Crippen LogP contribution in [0.5, 0.6) is 0 Å². The lowest BCUT2D eigenvalue weighted by molar-refractivity contribution is -0.0609. The van der Waals surface area contributed by atoms with Gasteiger partial charge in [0.05, 0.1) is 6.61 Å². The smallest absolute Gasteiger partial charge is 0.321 e. The molecule has 0 radical (unpaired) electrons. The zero-order chi connectivity index (χ0) is 13.7. The number of nitrogens with one attached hydrogen (secondary N) is 1. The summed E-state index contributed by atoms with van der Waals surface area (Å²) < 4.78 is 15.9. The van der Waals surface area contributed by atoms with Crippen molar-refractivity contribution in [2.24, 2.45) is 5.92 Å². The van der Waals surface area contributed by atoms with Crippen molar-refractivity contribution in [1.82, 2.24) is 10.1 Å². The van der Waals surface area contributed by atoms with E-state index in [4.69, 9.17) is 14.0 Å². The number of aromatic nitrogens is 2. The van der Waals surface area contributed by atoms with Crippen LogP contribution in [0.15, 0.2) is 4.52 Å². The van der Waals surface area contributed by atoms with Crippen molar-refractivity contribution in [3.63, 3.8) is 0 Å². The van der Waals surface area contributed by atoms with Crippen LogP contribution < -0.4 is 5.32 Å². The Bertz CT molecular complexity index is 386. The zero-order valence-corrected chi connectivity index (χ0v) is 11.9. The van der Waals surface area contributed by atoms with Crippen LogP contribution in [0.2, 0.25) is 0 Å². The molecular formula is C13H23N3O3. The third kappa shape index (κ3) is 3.25. The molecule has 0 atom stereocenters. The second kappa shape index (κ2) is 6.34. The van der Waals surface area contributed by atoms with Gasteiger partial charge in [-0.3, -0.25) is 0 Å². The van der Waals surface area contributed by atoms with Crippen molar-refractivity contribution < 1.29 is 14.0 Å². The molecule has 1 aliphatic carbocycles. The molecule has 1 aliphatic rings. The lowest BCUT2D eigenvalue weighted by atomic mass is 9.79. The van der Waals surface area contributed by atoms with Crippen molar-refractivity contribution in [3.05, 3.63) is 5.82 Å². The Balaban J connectivity index is 2.02. The highest BCUT2D eigenvalue weighted by atomic mass is 16.5. The van der Waals surface area contributed by atoms with Gasteiger partial charge in [-0.2, -0.15) is 4.98 Å². The molecule has 0 aromatic carbocycles. The number of rotatable bonds is 6. The largest absolute Gasteiger partial charge is 0.383 e. The van der Waals surface area contributed by atoms with Gasteiger partial charge in [-0.15, -0.1) is 0 Å².